The van der Waals surface area contributed by atoms with Gasteiger partial charge in [-0.1, -0.05) is 109 Å². The maximum absolute atomic E-state index is 6.64. The van der Waals surface area contributed by atoms with E-state index in [4.69, 9.17) is 19.4 Å². The van der Waals surface area contributed by atoms with Crippen LogP contribution in [0.5, 0.6) is 0 Å². The molecule has 0 unspecified atom stereocenters. The monoisotopic (exact) mass is 499 g/mol. The molecule has 8 rings (SSSR count). The SMILES string of the molecule is c1ccc(-c2nc(-c3ccccc3)nc(-c3cc4ccccc4c4c3oc3cc5ccccc5cc34)n2)cc1. The predicted octanol–water partition coefficient (Wildman–Crippen LogP) is 9.08. The number of nitrogens with zero attached hydrogens (tertiary/aromatic N) is 3. The highest BCUT2D eigenvalue weighted by molar-refractivity contribution is 6.23. The van der Waals surface area contributed by atoms with E-state index in [-0.39, 0.29) is 0 Å². The Balaban J connectivity index is 1.48. The number of aromatic nitrogens is 3. The molecular formula is C35H21N3O. The second-order valence-electron chi connectivity index (χ2n) is 9.69. The molecule has 0 radical (unpaired) electrons. The molecule has 2 heterocycles. The zero-order chi connectivity index (χ0) is 25.8. The summed E-state index contributed by atoms with van der Waals surface area (Å²) < 4.78 is 6.64. The molecule has 182 valence electrons. The number of benzene rings is 6. The van der Waals surface area contributed by atoms with Gasteiger partial charge >= 0.3 is 0 Å². The standard InChI is InChI=1S/C35H21N3O/c1-3-11-22(12-4-1)33-36-34(23-13-5-2-6-14-23)38-35(37-33)29-20-26-17-9-10-18-27(26)31-28-19-24-15-7-8-16-25(24)21-30(28)39-32(29)31/h1-21H. The van der Waals surface area contributed by atoms with Gasteiger partial charge in [0.1, 0.15) is 11.2 Å². The van der Waals surface area contributed by atoms with Crippen LogP contribution in [0, 0.1) is 0 Å². The smallest absolute Gasteiger partial charge is 0.167 e. The minimum atomic E-state index is 0.585. The lowest BCUT2D eigenvalue weighted by atomic mass is 9.98. The van der Waals surface area contributed by atoms with Crippen molar-refractivity contribution >= 4 is 43.5 Å². The van der Waals surface area contributed by atoms with Crippen molar-refractivity contribution < 1.29 is 4.42 Å². The van der Waals surface area contributed by atoms with E-state index >= 15 is 0 Å². The minimum Gasteiger partial charge on any atom is -0.455 e. The molecule has 39 heavy (non-hydrogen) atoms. The Morgan fingerprint density at radius 2 is 0.974 bits per heavy atom. The number of hydrogen-bond acceptors (Lipinski definition) is 4. The van der Waals surface area contributed by atoms with Gasteiger partial charge in [-0.05, 0) is 39.7 Å². The second-order valence-corrected chi connectivity index (χ2v) is 9.69. The van der Waals surface area contributed by atoms with Crippen molar-refractivity contribution in [1.82, 2.24) is 15.0 Å². The molecule has 0 spiro atoms. The summed E-state index contributed by atoms with van der Waals surface area (Å²) in [7, 11) is 0. The van der Waals surface area contributed by atoms with Gasteiger partial charge < -0.3 is 4.42 Å². The number of furan rings is 1. The van der Waals surface area contributed by atoms with E-state index in [9.17, 15) is 0 Å². The van der Waals surface area contributed by atoms with Gasteiger partial charge in [0.05, 0.1) is 5.56 Å². The van der Waals surface area contributed by atoms with Gasteiger partial charge in [-0.3, -0.25) is 0 Å². The Bertz CT molecular complexity index is 2110. The lowest BCUT2D eigenvalue weighted by molar-refractivity contribution is 0.670. The fourth-order valence-electron chi connectivity index (χ4n) is 5.41. The number of fused-ring (bicyclic) bond motifs is 6. The molecule has 4 heteroatoms. The molecule has 0 aliphatic heterocycles. The summed E-state index contributed by atoms with van der Waals surface area (Å²) in [6, 6.07) is 43.4. The van der Waals surface area contributed by atoms with E-state index < -0.39 is 0 Å². The maximum atomic E-state index is 6.64. The van der Waals surface area contributed by atoms with Gasteiger partial charge in [-0.15, -0.1) is 0 Å². The molecule has 8 aromatic rings. The normalized spacial score (nSPS) is 11.6. The van der Waals surface area contributed by atoms with Crippen LogP contribution in [-0.2, 0) is 0 Å². The van der Waals surface area contributed by atoms with Crippen molar-refractivity contribution in [3.8, 4) is 34.2 Å². The van der Waals surface area contributed by atoms with Crippen LogP contribution in [0.4, 0.5) is 0 Å². The van der Waals surface area contributed by atoms with E-state index in [1.807, 2.05) is 60.7 Å². The summed E-state index contributed by atoms with van der Waals surface area (Å²) >= 11 is 0. The highest BCUT2D eigenvalue weighted by Gasteiger charge is 2.20. The molecule has 0 saturated heterocycles. The van der Waals surface area contributed by atoms with Crippen LogP contribution in [0.25, 0.3) is 77.6 Å². The summed E-state index contributed by atoms with van der Waals surface area (Å²) in [5, 5.41) is 6.74. The first kappa shape index (κ1) is 21.7. The van der Waals surface area contributed by atoms with Crippen LogP contribution < -0.4 is 0 Å². The van der Waals surface area contributed by atoms with Crippen molar-refractivity contribution in [2.75, 3.05) is 0 Å². The summed E-state index contributed by atoms with van der Waals surface area (Å²) in [5.41, 5.74) is 4.35. The maximum Gasteiger partial charge on any atom is 0.167 e. The first-order chi connectivity index (χ1) is 19.3. The molecule has 6 aromatic carbocycles. The van der Waals surface area contributed by atoms with E-state index in [2.05, 4.69) is 66.7 Å². The Morgan fingerprint density at radius 1 is 0.436 bits per heavy atom. The molecule has 0 bridgehead atoms. The first-order valence-corrected chi connectivity index (χ1v) is 13.0. The van der Waals surface area contributed by atoms with Gasteiger partial charge in [0.25, 0.3) is 0 Å². The third-order valence-corrected chi connectivity index (χ3v) is 7.27. The average molecular weight is 500 g/mol. The van der Waals surface area contributed by atoms with Crippen molar-refractivity contribution in [2.24, 2.45) is 0 Å². The molecule has 0 amide bonds. The Labute approximate surface area is 224 Å². The summed E-state index contributed by atoms with van der Waals surface area (Å²) in [6.45, 7) is 0. The van der Waals surface area contributed by atoms with Crippen LogP contribution in [0.15, 0.2) is 132 Å². The highest BCUT2D eigenvalue weighted by atomic mass is 16.3. The van der Waals surface area contributed by atoms with Gasteiger partial charge in [0.2, 0.25) is 0 Å². The van der Waals surface area contributed by atoms with Gasteiger partial charge in [0, 0.05) is 21.9 Å². The minimum absolute atomic E-state index is 0.585. The number of hydrogen-bond donors (Lipinski definition) is 0. The van der Waals surface area contributed by atoms with Crippen LogP contribution >= 0.6 is 0 Å². The quantitative estimate of drug-likeness (QED) is 0.243. The van der Waals surface area contributed by atoms with Gasteiger partial charge in [-0.2, -0.15) is 0 Å². The van der Waals surface area contributed by atoms with Gasteiger partial charge in [-0.25, -0.2) is 15.0 Å². The third kappa shape index (κ3) is 3.57. The summed E-state index contributed by atoms with van der Waals surface area (Å²) in [5.74, 6) is 1.84. The van der Waals surface area contributed by atoms with Crippen molar-refractivity contribution in [3.05, 3.63) is 127 Å². The van der Waals surface area contributed by atoms with E-state index in [0.29, 0.717) is 17.5 Å². The Hall–Kier alpha value is -5.35. The molecule has 0 aliphatic carbocycles. The van der Waals surface area contributed by atoms with Gasteiger partial charge in [0.15, 0.2) is 17.5 Å². The van der Waals surface area contributed by atoms with Crippen molar-refractivity contribution in [1.29, 1.82) is 0 Å². The van der Waals surface area contributed by atoms with Crippen LogP contribution in [0.3, 0.4) is 0 Å². The zero-order valence-electron chi connectivity index (χ0n) is 20.9. The summed E-state index contributed by atoms with van der Waals surface area (Å²) in [6.07, 6.45) is 0. The Morgan fingerprint density at radius 3 is 1.64 bits per heavy atom. The van der Waals surface area contributed by atoms with Crippen molar-refractivity contribution in [3.63, 3.8) is 0 Å². The Kier molecular flexibility index (Phi) is 4.79. The van der Waals surface area contributed by atoms with Crippen LogP contribution in [-0.4, -0.2) is 15.0 Å². The fraction of sp³-hybridized carbons (Fsp3) is 0. The van der Waals surface area contributed by atoms with Crippen molar-refractivity contribution in [2.45, 2.75) is 0 Å². The highest BCUT2D eigenvalue weighted by Crippen LogP contribution is 2.41. The molecule has 4 nitrogen and oxygen atoms in total. The topological polar surface area (TPSA) is 51.8 Å². The molecule has 0 aliphatic rings. The molecule has 0 fully saturated rings. The molecule has 0 atom stereocenters. The van der Waals surface area contributed by atoms with E-state index in [1.54, 1.807) is 0 Å². The number of rotatable bonds is 3. The van der Waals surface area contributed by atoms with Crippen LogP contribution in [0.1, 0.15) is 0 Å². The second kappa shape index (κ2) is 8.61. The summed E-state index contributed by atoms with van der Waals surface area (Å²) in [4.78, 5) is 14.9. The lowest BCUT2D eigenvalue weighted by Gasteiger charge is -2.10. The molecule has 2 aromatic heterocycles. The fourth-order valence-corrected chi connectivity index (χ4v) is 5.41. The average Bonchev–Trinajstić information content (AvgIpc) is 3.38. The predicted molar refractivity (Wildman–Crippen MR) is 158 cm³/mol. The largest absolute Gasteiger partial charge is 0.455 e. The molecule has 0 N–H and O–H groups in total. The lowest BCUT2D eigenvalue weighted by Crippen LogP contribution is -2.00. The first-order valence-electron chi connectivity index (χ1n) is 13.0. The van der Waals surface area contributed by atoms with E-state index in [1.165, 1.54) is 5.39 Å². The van der Waals surface area contributed by atoms with Crippen LogP contribution in [0.2, 0.25) is 0 Å². The van der Waals surface area contributed by atoms with E-state index in [0.717, 1.165) is 54.8 Å². The zero-order valence-corrected chi connectivity index (χ0v) is 20.9. The third-order valence-electron chi connectivity index (χ3n) is 7.27. The molecular weight excluding hydrogens is 478 g/mol. The molecule has 0 saturated carbocycles.